The van der Waals surface area contributed by atoms with Gasteiger partial charge in [-0.25, -0.2) is 0 Å². The molecule has 0 aliphatic carbocycles. The van der Waals surface area contributed by atoms with Gasteiger partial charge in [0.25, 0.3) is 0 Å². The molecule has 73 heavy (non-hydrogen) atoms. The molecule has 2 unspecified atom stereocenters. The number of nitrogens with one attached hydrogen (secondary N) is 1. The Bertz CT molecular complexity index is 1180. The van der Waals surface area contributed by atoms with E-state index in [0.29, 0.717) is 19.4 Å². The first kappa shape index (κ1) is 71.1. The van der Waals surface area contributed by atoms with Crippen molar-refractivity contribution in [3.05, 3.63) is 36.5 Å². The molecule has 430 valence electrons. The van der Waals surface area contributed by atoms with Crippen LogP contribution in [0.2, 0.25) is 0 Å². The lowest BCUT2D eigenvalue weighted by Crippen LogP contribution is -2.45. The van der Waals surface area contributed by atoms with Crippen molar-refractivity contribution >= 4 is 11.9 Å². The van der Waals surface area contributed by atoms with Gasteiger partial charge in [-0.1, -0.05) is 294 Å². The molecule has 0 bridgehead atoms. The monoisotopic (exact) mass is 1030 g/mol. The highest BCUT2D eigenvalue weighted by atomic mass is 16.5. The van der Waals surface area contributed by atoms with Crippen molar-refractivity contribution in [2.45, 2.75) is 366 Å². The van der Waals surface area contributed by atoms with E-state index in [0.717, 1.165) is 44.9 Å². The summed E-state index contributed by atoms with van der Waals surface area (Å²) in [6, 6.07) is -0.630. The highest BCUT2D eigenvalue weighted by Gasteiger charge is 2.18. The van der Waals surface area contributed by atoms with E-state index in [1.54, 1.807) is 6.08 Å². The first-order chi connectivity index (χ1) is 36.0. The van der Waals surface area contributed by atoms with Gasteiger partial charge in [-0.15, -0.1) is 0 Å². The fourth-order valence-electron chi connectivity index (χ4n) is 10.1. The molecule has 2 atom stereocenters. The van der Waals surface area contributed by atoms with Crippen LogP contribution in [0, 0.1) is 0 Å². The third kappa shape index (κ3) is 59.2. The quantitative estimate of drug-likeness (QED) is 0.0320. The number of aliphatic hydroxyl groups is 2. The number of carbonyl (C=O) groups is 2. The SMILES string of the molecule is CCCCCCCC/C=C\CCCCCCCC(=O)OCCCCCCCCCCCCCC/C=C\CCCCCCCCCCCC(=O)NC(CO)C(O)/C=C/CCCCCCCCCCCCCCCC. The normalized spacial score (nSPS) is 12.8. The van der Waals surface area contributed by atoms with Crippen molar-refractivity contribution in [3.63, 3.8) is 0 Å². The van der Waals surface area contributed by atoms with E-state index in [2.05, 4.69) is 43.5 Å². The van der Waals surface area contributed by atoms with Gasteiger partial charge in [0.2, 0.25) is 5.91 Å². The fraction of sp³-hybridized carbons (Fsp3) is 0.881. The highest BCUT2D eigenvalue weighted by Crippen LogP contribution is 2.17. The molecule has 0 fully saturated rings. The van der Waals surface area contributed by atoms with Gasteiger partial charge in [0, 0.05) is 12.8 Å². The van der Waals surface area contributed by atoms with E-state index in [-0.39, 0.29) is 18.5 Å². The summed E-state index contributed by atoms with van der Waals surface area (Å²) in [5.74, 6) is -0.0641. The largest absolute Gasteiger partial charge is 0.466 e. The maximum absolute atomic E-state index is 12.5. The average molecular weight is 1030 g/mol. The zero-order valence-corrected chi connectivity index (χ0v) is 49.1. The first-order valence-corrected chi connectivity index (χ1v) is 32.8. The van der Waals surface area contributed by atoms with E-state index in [1.165, 1.54) is 283 Å². The molecule has 0 aromatic rings. The molecule has 0 saturated heterocycles. The second kappa shape index (κ2) is 62.6. The van der Waals surface area contributed by atoms with Crippen LogP contribution in [0.5, 0.6) is 0 Å². The van der Waals surface area contributed by atoms with Gasteiger partial charge in [0.1, 0.15) is 0 Å². The maximum atomic E-state index is 12.5. The van der Waals surface area contributed by atoms with E-state index < -0.39 is 12.1 Å². The number of amides is 1. The molecule has 0 radical (unpaired) electrons. The second-order valence-corrected chi connectivity index (χ2v) is 22.4. The van der Waals surface area contributed by atoms with Crippen LogP contribution in [-0.4, -0.2) is 47.4 Å². The molecule has 0 aliphatic rings. The molecular weight excluding hydrogens is 899 g/mol. The standard InChI is InChI=1S/C67H127NO5/c1-3-5-7-9-11-13-15-17-19-32-35-39-43-47-51-55-59-65(70)64(63-69)68-66(71)60-56-52-48-44-40-36-33-29-27-25-23-21-20-22-24-26-28-30-34-38-42-46-50-54-58-62-73-67(72)61-57-53-49-45-41-37-31-18-16-14-12-10-8-6-4-2/h18,21,23,31,55,59,64-65,69-70H,3-17,19-20,22,24-30,32-54,56-58,60-63H2,1-2H3,(H,68,71)/b23-21-,31-18-,59-55+. The number of unbranched alkanes of at least 4 members (excludes halogenated alkanes) is 46. The van der Waals surface area contributed by atoms with Gasteiger partial charge in [0.05, 0.1) is 25.4 Å². The van der Waals surface area contributed by atoms with Gasteiger partial charge >= 0.3 is 5.97 Å². The molecule has 0 saturated carbocycles. The van der Waals surface area contributed by atoms with Gasteiger partial charge in [0.15, 0.2) is 0 Å². The number of carbonyl (C=O) groups excluding carboxylic acids is 2. The topological polar surface area (TPSA) is 95.9 Å². The number of ether oxygens (including phenoxy) is 1. The Morgan fingerprint density at radius 2 is 0.644 bits per heavy atom. The van der Waals surface area contributed by atoms with Crippen LogP contribution in [0.1, 0.15) is 354 Å². The molecule has 6 nitrogen and oxygen atoms in total. The molecule has 3 N–H and O–H groups in total. The summed E-state index contributed by atoms with van der Waals surface area (Å²) in [5, 5.41) is 23.2. The average Bonchev–Trinajstić information content (AvgIpc) is 3.39. The molecule has 0 rings (SSSR count). The third-order valence-electron chi connectivity index (χ3n) is 15.1. The predicted octanol–water partition coefficient (Wildman–Crippen LogP) is 20.8. The van der Waals surface area contributed by atoms with Gasteiger partial charge < -0.3 is 20.3 Å². The van der Waals surface area contributed by atoms with Crippen LogP contribution in [0.15, 0.2) is 36.5 Å². The Balaban J connectivity index is 3.42. The first-order valence-electron chi connectivity index (χ1n) is 32.8. The Morgan fingerprint density at radius 1 is 0.370 bits per heavy atom. The summed E-state index contributed by atoms with van der Waals surface area (Å²) in [6.45, 7) is 4.91. The van der Waals surface area contributed by atoms with Gasteiger partial charge in [-0.05, 0) is 83.5 Å². The molecule has 0 spiro atoms. The lowest BCUT2D eigenvalue weighted by atomic mass is 10.0. The minimum atomic E-state index is -0.847. The number of rotatable bonds is 61. The Kier molecular flexibility index (Phi) is 61.0. The molecule has 6 heteroatoms. The summed E-state index contributed by atoms with van der Waals surface area (Å²) < 4.78 is 5.48. The minimum Gasteiger partial charge on any atom is -0.466 e. The highest BCUT2D eigenvalue weighted by molar-refractivity contribution is 5.76. The van der Waals surface area contributed by atoms with Gasteiger partial charge in [-0.2, -0.15) is 0 Å². The fourth-order valence-corrected chi connectivity index (χ4v) is 10.1. The maximum Gasteiger partial charge on any atom is 0.305 e. The van der Waals surface area contributed by atoms with Crippen molar-refractivity contribution < 1.29 is 24.5 Å². The zero-order chi connectivity index (χ0) is 52.9. The van der Waals surface area contributed by atoms with Crippen molar-refractivity contribution in [2.75, 3.05) is 13.2 Å². The summed E-state index contributed by atoms with van der Waals surface area (Å²) in [4.78, 5) is 24.5. The van der Waals surface area contributed by atoms with Crippen molar-refractivity contribution in [1.82, 2.24) is 5.32 Å². The third-order valence-corrected chi connectivity index (χ3v) is 15.1. The smallest absolute Gasteiger partial charge is 0.305 e. The van der Waals surface area contributed by atoms with Crippen molar-refractivity contribution in [1.29, 1.82) is 0 Å². The molecule has 0 heterocycles. The molecule has 1 amide bonds. The van der Waals surface area contributed by atoms with Crippen LogP contribution >= 0.6 is 0 Å². The lowest BCUT2D eigenvalue weighted by Gasteiger charge is -2.20. The van der Waals surface area contributed by atoms with E-state index in [1.807, 2.05) is 6.08 Å². The van der Waals surface area contributed by atoms with Crippen molar-refractivity contribution in [3.8, 4) is 0 Å². The Hall–Kier alpha value is -1.92. The number of allylic oxidation sites excluding steroid dienone is 5. The summed E-state index contributed by atoms with van der Waals surface area (Å²) >= 11 is 0. The Morgan fingerprint density at radius 3 is 0.973 bits per heavy atom. The number of esters is 1. The number of hydrogen-bond acceptors (Lipinski definition) is 5. The van der Waals surface area contributed by atoms with Crippen LogP contribution < -0.4 is 5.32 Å². The van der Waals surface area contributed by atoms with E-state index in [4.69, 9.17) is 4.74 Å². The van der Waals surface area contributed by atoms with E-state index >= 15 is 0 Å². The molecule has 0 aromatic carbocycles. The number of aliphatic hydroxyl groups excluding tert-OH is 2. The van der Waals surface area contributed by atoms with Crippen LogP contribution in [0.4, 0.5) is 0 Å². The summed E-state index contributed by atoms with van der Waals surface area (Å²) in [7, 11) is 0. The zero-order valence-electron chi connectivity index (χ0n) is 49.1. The van der Waals surface area contributed by atoms with Gasteiger partial charge in [-0.3, -0.25) is 9.59 Å². The summed E-state index contributed by atoms with van der Waals surface area (Å²) in [6.07, 6.45) is 79.1. The lowest BCUT2D eigenvalue weighted by molar-refractivity contribution is -0.143. The van der Waals surface area contributed by atoms with Crippen LogP contribution in [0.3, 0.4) is 0 Å². The van der Waals surface area contributed by atoms with Crippen LogP contribution in [-0.2, 0) is 14.3 Å². The van der Waals surface area contributed by atoms with E-state index in [9.17, 15) is 19.8 Å². The van der Waals surface area contributed by atoms with Crippen LogP contribution in [0.25, 0.3) is 0 Å². The Labute approximate surface area is 455 Å². The molecule has 0 aliphatic heterocycles. The predicted molar refractivity (Wildman–Crippen MR) is 319 cm³/mol. The molecular formula is C67H127NO5. The number of hydrogen-bond donors (Lipinski definition) is 3. The van der Waals surface area contributed by atoms with Crippen molar-refractivity contribution in [2.24, 2.45) is 0 Å². The second-order valence-electron chi connectivity index (χ2n) is 22.4. The minimum absolute atomic E-state index is 0.00524. The molecule has 0 aromatic heterocycles. The summed E-state index contributed by atoms with van der Waals surface area (Å²) in [5.41, 5.74) is 0.